The maximum Gasteiger partial charge on any atom is 0.338 e. The molecule has 108 valence electrons. The molecule has 0 aliphatic carbocycles. The summed E-state index contributed by atoms with van der Waals surface area (Å²) in [6.45, 7) is 3.72. The lowest BCUT2D eigenvalue weighted by Crippen LogP contribution is -2.32. The van der Waals surface area contributed by atoms with Crippen LogP contribution >= 0.6 is 0 Å². The average molecular weight is 280 g/mol. The van der Waals surface area contributed by atoms with Crippen molar-refractivity contribution in [3.63, 3.8) is 0 Å². The molecule has 0 fully saturated rings. The van der Waals surface area contributed by atoms with Crippen molar-refractivity contribution in [2.45, 2.75) is 26.3 Å². The van der Waals surface area contributed by atoms with Crippen LogP contribution in [0.3, 0.4) is 0 Å². The van der Waals surface area contributed by atoms with Crippen LogP contribution in [0.5, 0.6) is 0 Å². The van der Waals surface area contributed by atoms with E-state index in [0.717, 1.165) is 18.6 Å². The van der Waals surface area contributed by atoms with Gasteiger partial charge in [-0.2, -0.15) is 0 Å². The zero-order valence-electron chi connectivity index (χ0n) is 11.5. The maximum atomic E-state index is 12.0. The molecule has 1 N–H and O–H groups in total. The Hall–Kier alpha value is -2.44. The van der Waals surface area contributed by atoms with Gasteiger partial charge in [-0.05, 0) is 19.4 Å². The van der Waals surface area contributed by atoms with E-state index in [4.69, 9.17) is 0 Å². The van der Waals surface area contributed by atoms with Crippen molar-refractivity contribution in [1.29, 1.82) is 0 Å². The van der Waals surface area contributed by atoms with Crippen LogP contribution in [0.15, 0.2) is 18.2 Å². The topological polar surface area (TPSA) is 98.5 Å². The standard InChI is InChI=1S/C13H16N2O5/c1-4-8(2)14-12(16)9-5-10(13(17)20-3)7-11(6-9)15(18)19/h5-8H,4H2,1-3H3,(H,14,16)/t8-/m1/s1. The van der Waals surface area contributed by atoms with E-state index >= 15 is 0 Å². The lowest BCUT2D eigenvalue weighted by molar-refractivity contribution is -0.384. The third-order valence-electron chi connectivity index (χ3n) is 2.80. The minimum atomic E-state index is -0.730. The van der Waals surface area contributed by atoms with E-state index in [1.54, 1.807) is 0 Å². The summed E-state index contributed by atoms with van der Waals surface area (Å²) in [6.07, 6.45) is 0.727. The summed E-state index contributed by atoms with van der Waals surface area (Å²) >= 11 is 0. The van der Waals surface area contributed by atoms with Crippen molar-refractivity contribution in [2.75, 3.05) is 7.11 Å². The van der Waals surface area contributed by atoms with Gasteiger partial charge in [-0.25, -0.2) is 4.79 Å². The monoisotopic (exact) mass is 280 g/mol. The minimum Gasteiger partial charge on any atom is -0.465 e. The van der Waals surface area contributed by atoms with Crippen molar-refractivity contribution >= 4 is 17.6 Å². The maximum absolute atomic E-state index is 12.0. The highest BCUT2D eigenvalue weighted by Crippen LogP contribution is 2.18. The molecule has 0 unspecified atom stereocenters. The SMILES string of the molecule is CC[C@@H](C)NC(=O)c1cc(C(=O)OC)cc([N+](=O)[O-])c1. The number of carbonyl (C=O) groups excluding carboxylic acids is 2. The van der Waals surface area contributed by atoms with Crippen molar-refractivity contribution < 1.29 is 19.2 Å². The Bertz CT molecular complexity index is 542. The molecule has 0 heterocycles. The van der Waals surface area contributed by atoms with Gasteiger partial charge < -0.3 is 10.1 Å². The number of methoxy groups -OCH3 is 1. The highest BCUT2D eigenvalue weighted by molar-refractivity contribution is 5.99. The first-order valence-electron chi connectivity index (χ1n) is 6.07. The van der Waals surface area contributed by atoms with Crippen molar-refractivity contribution in [3.8, 4) is 0 Å². The molecule has 1 amide bonds. The number of rotatable bonds is 5. The number of ether oxygens (including phenoxy) is 1. The lowest BCUT2D eigenvalue weighted by Gasteiger charge is -2.11. The predicted molar refractivity (Wildman–Crippen MR) is 71.7 cm³/mol. The summed E-state index contributed by atoms with van der Waals surface area (Å²) in [5, 5.41) is 13.5. The molecule has 0 aliphatic heterocycles. The Labute approximate surface area is 116 Å². The first-order valence-corrected chi connectivity index (χ1v) is 6.07. The lowest BCUT2D eigenvalue weighted by atomic mass is 10.1. The quantitative estimate of drug-likeness (QED) is 0.504. The van der Waals surface area contributed by atoms with Gasteiger partial charge in [-0.1, -0.05) is 6.92 Å². The molecule has 0 radical (unpaired) electrons. The Balaban J connectivity index is 3.18. The summed E-state index contributed by atoms with van der Waals surface area (Å²) in [5.74, 6) is -1.19. The molecule has 1 aromatic rings. The second kappa shape index (κ2) is 6.65. The van der Waals surface area contributed by atoms with Crippen LogP contribution in [-0.4, -0.2) is 30.0 Å². The summed E-state index contributed by atoms with van der Waals surface area (Å²) in [5.41, 5.74) is -0.307. The molecule has 0 saturated carbocycles. The summed E-state index contributed by atoms with van der Waals surface area (Å²) < 4.78 is 4.51. The molecule has 20 heavy (non-hydrogen) atoms. The predicted octanol–water partition coefficient (Wildman–Crippen LogP) is 1.91. The molecule has 1 atom stereocenters. The van der Waals surface area contributed by atoms with Gasteiger partial charge in [0, 0.05) is 23.7 Å². The van der Waals surface area contributed by atoms with Gasteiger partial charge in [-0.15, -0.1) is 0 Å². The number of hydrogen-bond acceptors (Lipinski definition) is 5. The van der Waals surface area contributed by atoms with Crippen LogP contribution in [0.2, 0.25) is 0 Å². The largest absolute Gasteiger partial charge is 0.465 e. The van der Waals surface area contributed by atoms with Crippen LogP contribution in [0.25, 0.3) is 0 Å². The summed E-state index contributed by atoms with van der Waals surface area (Å²) in [7, 11) is 1.17. The highest BCUT2D eigenvalue weighted by Gasteiger charge is 2.18. The zero-order chi connectivity index (χ0) is 15.3. The third-order valence-corrected chi connectivity index (χ3v) is 2.80. The number of amides is 1. The fourth-order valence-corrected chi connectivity index (χ4v) is 1.49. The van der Waals surface area contributed by atoms with Crippen molar-refractivity contribution in [3.05, 3.63) is 39.4 Å². The van der Waals surface area contributed by atoms with Crippen LogP contribution in [0, 0.1) is 10.1 Å². The number of nitro benzene ring substituents is 1. The molecule has 7 heteroatoms. The second-order valence-electron chi connectivity index (χ2n) is 4.30. The van der Waals surface area contributed by atoms with E-state index in [-0.39, 0.29) is 22.9 Å². The normalized spacial score (nSPS) is 11.6. The van der Waals surface area contributed by atoms with Crippen LogP contribution in [0.4, 0.5) is 5.69 Å². The molecule has 1 rings (SSSR count). The summed E-state index contributed by atoms with van der Waals surface area (Å²) in [6, 6.07) is 3.41. The van der Waals surface area contributed by atoms with Gasteiger partial charge in [0.2, 0.25) is 0 Å². The Morgan fingerprint density at radius 1 is 1.35 bits per heavy atom. The Morgan fingerprint density at radius 2 is 1.95 bits per heavy atom. The summed E-state index contributed by atoms with van der Waals surface area (Å²) in [4.78, 5) is 33.6. The van der Waals surface area contributed by atoms with E-state index in [0.29, 0.717) is 0 Å². The van der Waals surface area contributed by atoms with Crippen LogP contribution in [0.1, 0.15) is 41.0 Å². The fraction of sp³-hybridized carbons (Fsp3) is 0.385. The van der Waals surface area contributed by atoms with Crippen LogP contribution < -0.4 is 5.32 Å². The number of carbonyl (C=O) groups is 2. The molecule has 1 aromatic carbocycles. The van der Waals surface area contributed by atoms with Gasteiger partial charge in [0.1, 0.15) is 0 Å². The minimum absolute atomic E-state index is 0.0315. The first-order chi connectivity index (χ1) is 9.38. The number of non-ortho nitro benzene ring substituents is 1. The van der Waals surface area contributed by atoms with E-state index in [1.165, 1.54) is 13.2 Å². The van der Waals surface area contributed by atoms with Crippen molar-refractivity contribution in [1.82, 2.24) is 5.32 Å². The number of nitro groups is 1. The van der Waals surface area contributed by atoms with E-state index in [9.17, 15) is 19.7 Å². The molecule has 7 nitrogen and oxygen atoms in total. The van der Waals surface area contributed by atoms with Crippen LogP contribution in [-0.2, 0) is 4.74 Å². The molecule has 0 aliphatic rings. The number of nitrogens with one attached hydrogen (secondary N) is 1. The Kier molecular flexibility index (Phi) is 5.19. The number of benzene rings is 1. The number of hydrogen-bond donors (Lipinski definition) is 1. The molecular formula is C13H16N2O5. The average Bonchev–Trinajstić information content (AvgIpc) is 2.45. The van der Waals surface area contributed by atoms with Crippen molar-refractivity contribution in [2.24, 2.45) is 0 Å². The van der Waals surface area contributed by atoms with Gasteiger partial charge >= 0.3 is 5.97 Å². The van der Waals surface area contributed by atoms with E-state index < -0.39 is 16.8 Å². The Morgan fingerprint density at radius 3 is 2.45 bits per heavy atom. The smallest absolute Gasteiger partial charge is 0.338 e. The van der Waals surface area contributed by atoms with Gasteiger partial charge in [-0.3, -0.25) is 14.9 Å². The number of esters is 1. The van der Waals surface area contributed by atoms with Gasteiger partial charge in [0.25, 0.3) is 11.6 Å². The van der Waals surface area contributed by atoms with E-state index in [2.05, 4.69) is 10.1 Å². The number of nitrogens with zero attached hydrogens (tertiary/aromatic N) is 1. The molecular weight excluding hydrogens is 264 g/mol. The molecule has 0 aromatic heterocycles. The third kappa shape index (κ3) is 3.78. The molecule has 0 bridgehead atoms. The zero-order valence-corrected chi connectivity index (χ0v) is 11.5. The van der Waals surface area contributed by atoms with E-state index in [1.807, 2.05) is 13.8 Å². The highest BCUT2D eigenvalue weighted by atomic mass is 16.6. The van der Waals surface area contributed by atoms with Gasteiger partial charge in [0.05, 0.1) is 17.6 Å². The van der Waals surface area contributed by atoms with Gasteiger partial charge in [0.15, 0.2) is 0 Å². The molecule has 0 spiro atoms. The first kappa shape index (κ1) is 15.6. The fourth-order valence-electron chi connectivity index (χ4n) is 1.49. The second-order valence-corrected chi connectivity index (χ2v) is 4.30. The molecule has 0 saturated heterocycles.